The molecule has 0 spiro atoms. The van der Waals surface area contributed by atoms with Crippen molar-refractivity contribution in [3.8, 4) is 11.5 Å². The van der Waals surface area contributed by atoms with E-state index in [1.165, 1.54) is 0 Å². The van der Waals surface area contributed by atoms with E-state index in [2.05, 4.69) is 10.5 Å². The van der Waals surface area contributed by atoms with Gasteiger partial charge in [-0.05, 0) is 31.2 Å². The van der Waals surface area contributed by atoms with Crippen LogP contribution in [0, 0.1) is 0 Å². The molecule has 0 radical (unpaired) electrons. The second kappa shape index (κ2) is 7.83. The van der Waals surface area contributed by atoms with Crippen LogP contribution < -0.4 is 14.9 Å². The van der Waals surface area contributed by atoms with Crippen molar-refractivity contribution < 1.29 is 14.3 Å². The summed E-state index contributed by atoms with van der Waals surface area (Å²) in [5, 5.41) is 4.06. The number of methoxy groups -OCH3 is 1. The van der Waals surface area contributed by atoms with Crippen LogP contribution >= 0.6 is 0 Å². The lowest BCUT2D eigenvalue weighted by molar-refractivity contribution is -0.123. The number of hydrogen-bond donors (Lipinski definition) is 1. The molecule has 0 aliphatic carbocycles. The number of ether oxygens (including phenoxy) is 2. The van der Waals surface area contributed by atoms with Gasteiger partial charge in [0.15, 0.2) is 6.61 Å². The van der Waals surface area contributed by atoms with Gasteiger partial charge in [-0.2, -0.15) is 5.10 Å². The number of benzene rings is 2. The van der Waals surface area contributed by atoms with Gasteiger partial charge in [0.2, 0.25) is 0 Å². The van der Waals surface area contributed by atoms with Crippen molar-refractivity contribution in [2.75, 3.05) is 13.7 Å². The zero-order valence-corrected chi connectivity index (χ0v) is 12.6. The standard InChI is InChI=1S/C17H18N2O3/c1-13(14-7-6-10-16(11-14)21-2)18-19-17(20)12-22-15-8-4-3-5-9-15/h3-11H,12H2,1-2H3,(H,19,20)/b18-13+. The number of rotatable bonds is 6. The Balaban J connectivity index is 1.88. The van der Waals surface area contributed by atoms with Crippen molar-refractivity contribution in [3.63, 3.8) is 0 Å². The molecular weight excluding hydrogens is 280 g/mol. The predicted molar refractivity (Wildman–Crippen MR) is 85.3 cm³/mol. The summed E-state index contributed by atoms with van der Waals surface area (Å²) in [7, 11) is 1.61. The third kappa shape index (κ3) is 4.63. The Labute approximate surface area is 129 Å². The summed E-state index contributed by atoms with van der Waals surface area (Å²) in [6.45, 7) is 1.73. The fourth-order valence-electron chi connectivity index (χ4n) is 1.76. The van der Waals surface area contributed by atoms with Crippen LogP contribution in [-0.4, -0.2) is 25.3 Å². The van der Waals surface area contributed by atoms with E-state index in [-0.39, 0.29) is 12.5 Å². The first-order chi connectivity index (χ1) is 10.7. The molecule has 5 nitrogen and oxygen atoms in total. The first-order valence-corrected chi connectivity index (χ1v) is 6.84. The maximum atomic E-state index is 11.7. The number of hydrogen-bond acceptors (Lipinski definition) is 4. The van der Waals surface area contributed by atoms with E-state index in [1.54, 1.807) is 19.2 Å². The first-order valence-electron chi connectivity index (χ1n) is 6.84. The maximum absolute atomic E-state index is 11.7. The van der Waals surface area contributed by atoms with E-state index in [9.17, 15) is 4.79 Å². The van der Waals surface area contributed by atoms with Crippen LogP contribution in [0.1, 0.15) is 12.5 Å². The topological polar surface area (TPSA) is 59.9 Å². The van der Waals surface area contributed by atoms with Crippen molar-refractivity contribution in [1.82, 2.24) is 5.43 Å². The largest absolute Gasteiger partial charge is 0.497 e. The minimum atomic E-state index is -0.314. The molecule has 22 heavy (non-hydrogen) atoms. The van der Waals surface area contributed by atoms with Crippen molar-refractivity contribution in [3.05, 3.63) is 60.2 Å². The molecular formula is C17H18N2O3. The molecule has 114 valence electrons. The molecule has 0 fully saturated rings. The third-order valence-corrected chi connectivity index (χ3v) is 2.95. The van der Waals surface area contributed by atoms with E-state index in [0.717, 1.165) is 11.3 Å². The van der Waals surface area contributed by atoms with Gasteiger partial charge in [0.1, 0.15) is 11.5 Å². The van der Waals surface area contributed by atoms with Crippen LogP contribution in [0.2, 0.25) is 0 Å². The van der Waals surface area contributed by atoms with Crippen LogP contribution in [0.4, 0.5) is 0 Å². The highest BCUT2D eigenvalue weighted by Crippen LogP contribution is 2.13. The SMILES string of the molecule is COc1cccc(/C(C)=N/NC(=O)COc2ccccc2)c1. The Morgan fingerprint density at radius 1 is 1.09 bits per heavy atom. The fourth-order valence-corrected chi connectivity index (χ4v) is 1.76. The van der Waals surface area contributed by atoms with Crippen molar-refractivity contribution in [2.45, 2.75) is 6.92 Å². The van der Waals surface area contributed by atoms with Crippen LogP contribution in [0.3, 0.4) is 0 Å². The second-order valence-electron chi connectivity index (χ2n) is 4.57. The minimum Gasteiger partial charge on any atom is -0.497 e. The number of carbonyl (C=O) groups excluding carboxylic acids is 1. The molecule has 0 bridgehead atoms. The van der Waals surface area contributed by atoms with Gasteiger partial charge in [-0.1, -0.05) is 30.3 Å². The molecule has 0 saturated heterocycles. The smallest absolute Gasteiger partial charge is 0.277 e. The Morgan fingerprint density at radius 2 is 1.82 bits per heavy atom. The number of para-hydroxylation sites is 1. The summed E-state index contributed by atoms with van der Waals surface area (Å²) < 4.78 is 10.5. The Kier molecular flexibility index (Phi) is 5.54. The molecule has 1 amide bonds. The Bertz CT molecular complexity index is 654. The fraction of sp³-hybridized carbons (Fsp3) is 0.176. The molecule has 5 heteroatoms. The van der Waals surface area contributed by atoms with Crippen LogP contribution in [0.25, 0.3) is 0 Å². The summed E-state index contributed by atoms with van der Waals surface area (Å²) in [6, 6.07) is 16.6. The normalized spacial score (nSPS) is 10.9. The molecule has 1 N–H and O–H groups in total. The summed E-state index contributed by atoms with van der Waals surface area (Å²) >= 11 is 0. The quantitative estimate of drug-likeness (QED) is 0.659. The summed E-state index contributed by atoms with van der Waals surface area (Å²) in [6.07, 6.45) is 0. The van der Waals surface area contributed by atoms with Gasteiger partial charge in [-0.15, -0.1) is 0 Å². The monoisotopic (exact) mass is 298 g/mol. The molecule has 0 saturated carbocycles. The first kappa shape index (κ1) is 15.6. The van der Waals surface area contributed by atoms with Gasteiger partial charge in [0.25, 0.3) is 5.91 Å². The average molecular weight is 298 g/mol. The number of carbonyl (C=O) groups is 1. The zero-order chi connectivity index (χ0) is 15.8. The van der Waals surface area contributed by atoms with E-state index in [1.807, 2.05) is 49.4 Å². The number of hydrazone groups is 1. The number of nitrogens with one attached hydrogen (secondary N) is 1. The van der Waals surface area contributed by atoms with Gasteiger partial charge < -0.3 is 9.47 Å². The summed E-state index contributed by atoms with van der Waals surface area (Å²) in [4.78, 5) is 11.7. The summed E-state index contributed by atoms with van der Waals surface area (Å²) in [5.74, 6) is 1.07. The van der Waals surface area contributed by atoms with Gasteiger partial charge in [0, 0.05) is 5.56 Å². The van der Waals surface area contributed by atoms with E-state index in [4.69, 9.17) is 9.47 Å². The van der Waals surface area contributed by atoms with Gasteiger partial charge in [-0.25, -0.2) is 5.43 Å². The maximum Gasteiger partial charge on any atom is 0.277 e. The lowest BCUT2D eigenvalue weighted by atomic mass is 10.1. The Morgan fingerprint density at radius 3 is 2.55 bits per heavy atom. The minimum absolute atomic E-state index is 0.0844. The van der Waals surface area contributed by atoms with Crippen molar-refractivity contribution >= 4 is 11.6 Å². The molecule has 0 aliphatic heterocycles. The number of amides is 1. The highest BCUT2D eigenvalue weighted by Gasteiger charge is 2.03. The van der Waals surface area contributed by atoms with Crippen molar-refractivity contribution in [1.29, 1.82) is 0 Å². The third-order valence-electron chi connectivity index (χ3n) is 2.95. The average Bonchev–Trinajstić information content (AvgIpc) is 2.58. The van der Waals surface area contributed by atoms with Gasteiger partial charge in [0.05, 0.1) is 12.8 Å². The molecule has 0 aromatic heterocycles. The molecule has 2 rings (SSSR count). The van der Waals surface area contributed by atoms with Gasteiger partial charge in [-0.3, -0.25) is 4.79 Å². The second-order valence-corrected chi connectivity index (χ2v) is 4.57. The summed E-state index contributed by atoms with van der Waals surface area (Å²) in [5.41, 5.74) is 4.04. The lowest BCUT2D eigenvalue weighted by Crippen LogP contribution is -2.25. The van der Waals surface area contributed by atoms with E-state index >= 15 is 0 Å². The van der Waals surface area contributed by atoms with E-state index < -0.39 is 0 Å². The molecule has 0 aliphatic rings. The lowest BCUT2D eigenvalue weighted by Gasteiger charge is -2.06. The zero-order valence-electron chi connectivity index (χ0n) is 12.6. The number of nitrogens with zero attached hydrogens (tertiary/aromatic N) is 1. The van der Waals surface area contributed by atoms with Crippen LogP contribution in [-0.2, 0) is 4.79 Å². The van der Waals surface area contributed by atoms with Gasteiger partial charge >= 0.3 is 0 Å². The van der Waals surface area contributed by atoms with Crippen LogP contribution in [0.5, 0.6) is 11.5 Å². The highest BCUT2D eigenvalue weighted by molar-refractivity contribution is 5.99. The Hall–Kier alpha value is -2.82. The highest BCUT2D eigenvalue weighted by atomic mass is 16.5. The van der Waals surface area contributed by atoms with Crippen molar-refractivity contribution in [2.24, 2.45) is 5.10 Å². The predicted octanol–water partition coefficient (Wildman–Crippen LogP) is 2.61. The van der Waals surface area contributed by atoms with E-state index in [0.29, 0.717) is 11.5 Å². The molecule has 2 aromatic rings. The molecule has 0 unspecified atom stereocenters. The van der Waals surface area contributed by atoms with Crippen LogP contribution in [0.15, 0.2) is 59.7 Å². The molecule has 0 heterocycles. The molecule has 2 aromatic carbocycles. The molecule has 0 atom stereocenters.